The van der Waals surface area contributed by atoms with Crippen LogP contribution < -0.4 is 10.1 Å². The topological polar surface area (TPSA) is 51.2 Å². The number of aromatic nitrogens is 1. The number of hydrogen-bond donors (Lipinski definition) is 1. The van der Waals surface area contributed by atoms with Crippen LogP contribution in [0.2, 0.25) is 0 Å². The van der Waals surface area contributed by atoms with E-state index in [4.69, 9.17) is 4.74 Å². The summed E-state index contributed by atoms with van der Waals surface area (Å²) < 4.78 is 5.83. The van der Waals surface area contributed by atoms with Crippen molar-refractivity contribution in [1.82, 2.24) is 10.3 Å². The van der Waals surface area contributed by atoms with Gasteiger partial charge in [0.25, 0.3) is 5.91 Å². The summed E-state index contributed by atoms with van der Waals surface area (Å²) in [4.78, 5) is 17.1. The second-order valence-corrected chi connectivity index (χ2v) is 7.13. The molecule has 3 rings (SSSR count). The van der Waals surface area contributed by atoms with Crippen LogP contribution in [0.15, 0.2) is 72.9 Å². The first-order valence-electron chi connectivity index (χ1n) is 9.53. The standard InChI is InChI=1S/C24H26N2O2/c1-17(2)20-13-12-18(3)22(15-20)28-16-23(27)26-24(19-9-5-4-6-10-19)21-11-7-8-14-25-21/h4-15,17,24H,16H2,1-3H3,(H,26,27). The monoisotopic (exact) mass is 374 g/mol. The average molecular weight is 374 g/mol. The molecule has 0 bridgehead atoms. The first-order chi connectivity index (χ1) is 13.5. The van der Waals surface area contributed by atoms with E-state index in [1.807, 2.05) is 67.6 Å². The van der Waals surface area contributed by atoms with Crippen molar-refractivity contribution in [3.8, 4) is 5.75 Å². The van der Waals surface area contributed by atoms with Gasteiger partial charge >= 0.3 is 0 Å². The van der Waals surface area contributed by atoms with Crippen molar-refractivity contribution >= 4 is 5.91 Å². The van der Waals surface area contributed by atoms with Gasteiger partial charge < -0.3 is 10.1 Å². The lowest BCUT2D eigenvalue weighted by Crippen LogP contribution is -2.33. The molecule has 4 nitrogen and oxygen atoms in total. The Morgan fingerprint density at radius 2 is 1.75 bits per heavy atom. The smallest absolute Gasteiger partial charge is 0.258 e. The highest BCUT2D eigenvalue weighted by atomic mass is 16.5. The number of ether oxygens (including phenoxy) is 1. The third kappa shape index (κ3) is 4.97. The number of amides is 1. The van der Waals surface area contributed by atoms with Crippen molar-refractivity contribution < 1.29 is 9.53 Å². The molecule has 0 saturated carbocycles. The number of carbonyl (C=O) groups excluding carboxylic acids is 1. The Balaban J connectivity index is 1.72. The van der Waals surface area contributed by atoms with Gasteiger partial charge in [0.1, 0.15) is 5.75 Å². The second kappa shape index (κ2) is 9.18. The third-order valence-electron chi connectivity index (χ3n) is 4.66. The molecular formula is C24H26N2O2. The Labute approximate surface area is 166 Å². The Morgan fingerprint density at radius 3 is 2.43 bits per heavy atom. The molecular weight excluding hydrogens is 348 g/mol. The average Bonchev–Trinajstić information content (AvgIpc) is 2.72. The van der Waals surface area contributed by atoms with Crippen LogP contribution in [0.25, 0.3) is 0 Å². The van der Waals surface area contributed by atoms with Gasteiger partial charge in [-0.3, -0.25) is 9.78 Å². The molecule has 2 aromatic carbocycles. The van der Waals surface area contributed by atoms with Gasteiger partial charge in [-0.05, 0) is 47.7 Å². The van der Waals surface area contributed by atoms with Crippen LogP contribution >= 0.6 is 0 Å². The van der Waals surface area contributed by atoms with Crippen molar-refractivity contribution in [3.05, 3.63) is 95.3 Å². The maximum Gasteiger partial charge on any atom is 0.258 e. The van der Waals surface area contributed by atoms with E-state index in [0.717, 1.165) is 22.6 Å². The zero-order valence-electron chi connectivity index (χ0n) is 16.6. The van der Waals surface area contributed by atoms with Gasteiger partial charge in [0.05, 0.1) is 11.7 Å². The fourth-order valence-electron chi connectivity index (χ4n) is 3.00. The summed E-state index contributed by atoms with van der Waals surface area (Å²) in [5.41, 5.74) is 3.98. The summed E-state index contributed by atoms with van der Waals surface area (Å²) in [6.45, 7) is 6.22. The van der Waals surface area contributed by atoms with E-state index >= 15 is 0 Å². The zero-order chi connectivity index (χ0) is 19.9. The van der Waals surface area contributed by atoms with Crippen molar-refractivity contribution in [2.75, 3.05) is 6.61 Å². The van der Waals surface area contributed by atoms with E-state index in [1.54, 1.807) is 6.20 Å². The van der Waals surface area contributed by atoms with E-state index in [2.05, 4.69) is 30.2 Å². The van der Waals surface area contributed by atoms with E-state index in [9.17, 15) is 4.79 Å². The molecule has 1 amide bonds. The highest BCUT2D eigenvalue weighted by Gasteiger charge is 2.18. The predicted octanol–water partition coefficient (Wildman–Crippen LogP) is 4.80. The predicted molar refractivity (Wildman–Crippen MR) is 111 cm³/mol. The molecule has 0 spiro atoms. The van der Waals surface area contributed by atoms with Gasteiger partial charge in [-0.25, -0.2) is 0 Å². The minimum absolute atomic E-state index is 0.0431. The van der Waals surface area contributed by atoms with Crippen LogP contribution in [-0.4, -0.2) is 17.5 Å². The molecule has 4 heteroatoms. The lowest BCUT2D eigenvalue weighted by molar-refractivity contribution is -0.123. The molecule has 1 unspecified atom stereocenters. The minimum atomic E-state index is -0.318. The molecule has 1 aromatic heterocycles. The molecule has 3 aromatic rings. The summed E-state index contributed by atoms with van der Waals surface area (Å²) in [6.07, 6.45) is 1.73. The van der Waals surface area contributed by atoms with Crippen LogP contribution in [0.5, 0.6) is 5.75 Å². The number of nitrogens with zero attached hydrogens (tertiary/aromatic N) is 1. The number of rotatable bonds is 7. The van der Waals surface area contributed by atoms with Crippen LogP contribution in [0.1, 0.15) is 48.2 Å². The summed E-state index contributed by atoms with van der Waals surface area (Å²) in [6, 6.07) is 21.3. The third-order valence-corrected chi connectivity index (χ3v) is 4.66. The maximum absolute atomic E-state index is 12.6. The lowest BCUT2D eigenvalue weighted by Gasteiger charge is -2.19. The fourth-order valence-corrected chi connectivity index (χ4v) is 3.00. The normalized spacial score (nSPS) is 11.9. The van der Waals surface area contributed by atoms with Crippen LogP contribution in [0.4, 0.5) is 0 Å². The Hall–Kier alpha value is -3.14. The molecule has 0 aliphatic carbocycles. The molecule has 0 fully saturated rings. The summed E-state index contributed by atoms with van der Waals surface area (Å²) in [5.74, 6) is 0.965. The van der Waals surface area contributed by atoms with Crippen molar-refractivity contribution in [2.24, 2.45) is 0 Å². The second-order valence-electron chi connectivity index (χ2n) is 7.13. The van der Waals surface area contributed by atoms with Crippen molar-refractivity contribution in [3.63, 3.8) is 0 Å². The van der Waals surface area contributed by atoms with Gasteiger partial charge in [-0.2, -0.15) is 0 Å². The maximum atomic E-state index is 12.6. The molecule has 0 saturated heterocycles. The van der Waals surface area contributed by atoms with E-state index in [0.29, 0.717) is 5.92 Å². The number of nitrogens with one attached hydrogen (secondary N) is 1. The van der Waals surface area contributed by atoms with Gasteiger partial charge in [-0.1, -0.05) is 62.4 Å². The number of hydrogen-bond acceptors (Lipinski definition) is 3. The highest BCUT2D eigenvalue weighted by molar-refractivity contribution is 5.78. The first kappa shape index (κ1) is 19.6. The number of benzene rings is 2. The summed E-state index contributed by atoms with van der Waals surface area (Å²) >= 11 is 0. The first-order valence-corrected chi connectivity index (χ1v) is 9.53. The molecule has 28 heavy (non-hydrogen) atoms. The lowest BCUT2D eigenvalue weighted by atomic mass is 10.0. The molecule has 1 atom stereocenters. The van der Waals surface area contributed by atoms with E-state index in [1.165, 1.54) is 5.56 Å². The largest absolute Gasteiger partial charge is 0.483 e. The molecule has 0 aliphatic heterocycles. The number of carbonyl (C=O) groups is 1. The molecule has 1 N–H and O–H groups in total. The SMILES string of the molecule is Cc1ccc(C(C)C)cc1OCC(=O)NC(c1ccccc1)c1ccccn1. The quantitative estimate of drug-likeness (QED) is 0.646. The molecule has 144 valence electrons. The minimum Gasteiger partial charge on any atom is -0.483 e. The van der Waals surface area contributed by atoms with Gasteiger partial charge in [0, 0.05) is 6.20 Å². The van der Waals surface area contributed by atoms with Crippen LogP contribution in [0, 0.1) is 6.92 Å². The van der Waals surface area contributed by atoms with Gasteiger partial charge in [0.2, 0.25) is 0 Å². The summed E-state index contributed by atoms with van der Waals surface area (Å²) in [5, 5.41) is 3.05. The Kier molecular flexibility index (Phi) is 6.43. The number of aryl methyl sites for hydroxylation is 1. The van der Waals surface area contributed by atoms with Crippen LogP contribution in [0.3, 0.4) is 0 Å². The molecule has 0 radical (unpaired) electrons. The zero-order valence-corrected chi connectivity index (χ0v) is 16.6. The van der Waals surface area contributed by atoms with Crippen LogP contribution in [-0.2, 0) is 4.79 Å². The summed E-state index contributed by atoms with van der Waals surface area (Å²) in [7, 11) is 0. The van der Waals surface area contributed by atoms with E-state index < -0.39 is 0 Å². The highest BCUT2D eigenvalue weighted by Crippen LogP contribution is 2.24. The number of pyridine rings is 1. The Morgan fingerprint density at radius 1 is 1.00 bits per heavy atom. The van der Waals surface area contributed by atoms with Gasteiger partial charge in [0.15, 0.2) is 6.61 Å². The molecule has 0 aliphatic rings. The van der Waals surface area contributed by atoms with Crippen molar-refractivity contribution in [2.45, 2.75) is 32.7 Å². The molecule has 1 heterocycles. The fraction of sp³-hybridized carbons (Fsp3) is 0.250. The Bertz CT molecular complexity index is 869. The van der Waals surface area contributed by atoms with E-state index in [-0.39, 0.29) is 18.6 Å². The van der Waals surface area contributed by atoms with Crippen molar-refractivity contribution in [1.29, 1.82) is 0 Å². The van der Waals surface area contributed by atoms with Gasteiger partial charge in [-0.15, -0.1) is 0 Å².